The Morgan fingerprint density at radius 1 is 1.26 bits per heavy atom. The zero-order chi connectivity index (χ0) is 22.8. The Hall–Kier alpha value is -3.20. The number of hydrogen-bond acceptors (Lipinski definition) is 6. The van der Waals surface area contributed by atoms with Gasteiger partial charge in [-0.25, -0.2) is 4.79 Å². The van der Waals surface area contributed by atoms with Crippen molar-refractivity contribution in [2.24, 2.45) is 0 Å². The van der Waals surface area contributed by atoms with Crippen LogP contribution in [0.3, 0.4) is 0 Å². The number of ether oxygens (including phenoxy) is 2. The summed E-state index contributed by atoms with van der Waals surface area (Å²) >= 11 is 0. The third-order valence-electron chi connectivity index (χ3n) is 5.31. The zero-order valence-electron chi connectivity index (χ0n) is 18.5. The highest BCUT2D eigenvalue weighted by atomic mass is 16.5. The van der Waals surface area contributed by atoms with E-state index in [4.69, 9.17) is 9.47 Å². The Kier molecular flexibility index (Phi) is 6.45. The molecule has 0 unspecified atom stereocenters. The van der Waals surface area contributed by atoms with Crippen molar-refractivity contribution in [2.75, 3.05) is 31.8 Å². The van der Waals surface area contributed by atoms with E-state index >= 15 is 0 Å². The number of nitrogens with one attached hydrogen (secondary N) is 1. The van der Waals surface area contributed by atoms with Gasteiger partial charge in [0.1, 0.15) is 11.2 Å². The Morgan fingerprint density at radius 2 is 2.00 bits per heavy atom. The summed E-state index contributed by atoms with van der Waals surface area (Å²) in [5.74, 6) is -1.36. The van der Waals surface area contributed by atoms with E-state index in [1.807, 2.05) is 32.0 Å². The predicted octanol–water partition coefficient (Wildman–Crippen LogP) is 1.86. The van der Waals surface area contributed by atoms with E-state index in [-0.39, 0.29) is 30.4 Å². The molecule has 166 valence electrons. The molecule has 9 heteroatoms. The monoisotopic (exact) mass is 428 g/mol. The SMILES string of the molecule is CCOC(=O)c1cc2n(n1)C[C@@](C)(C(=O)NCCOC)N(c1ccc(C)cc1C)C2=O. The normalized spacial score (nSPS) is 18.0. The molecule has 1 aromatic carbocycles. The van der Waals surface area contributed by atoms with Crippen LogP contribution in [0.1, 0.15) is 46.0 Å². The maximum Gasteiger partial charge on any atom is 0.358 e. The molecule has 0 saturated heterocycles. The molecule has 0 spiro atoms. The number of rotatable bonds is 7. The first-order valence-corrected chi connectivity index (χ1v) is 10.2. The molecular formula is C22H28N4O5. The standard InChI is InChI=1S/C22H28N4O5/c1-6-31-20(28)16-12-18-19(27)26(17-8-7-14(2)11-15(17)3)22(4,13-25(18)24-16)21(29)23-9-10-30-5/h7-8,11-12H,6,9-10,13H2,1-5H3,(H,23,29)/t22-/m0/s1. The second kappa shape index (κ2) is 8.89. The van der Waals surface area contributed by atoms with Crippen molar-refractivity contribution < 1.29 is 23.9 Å². The molecule has 2 aromatic rings. The van der Waals surface area contributed by atoms with E-state index in [2.05, 4.69) is 10.4 Å². The highest BCUT2D eigenvalue weighted by Crippen LogP contribution is 2.35. The molecule has 31 heavy (non-hydrogen) atoms. The summed E-state index contributed by atoms with van der Waals surface area (Å²) in [5.41, 5.74) is 1.54. The third kappa shape index (κ3) is 4.18. The lowest BCUT2D eigenvalue weighted by molar-refractivity contribution is -0.126. The Balaban J connectivity index is 2.09. The summed E-state index contributed by atoms with van der Waals surface area (Å²) in [6, 6.07) is 7.11. The second-order valence-electron chi connectivity index (χ2n) is 7.75. The van der Waals surface area contributed by atoms with Crippen LogP contribution in [0.15, 0.2) is 24.3 Å². The second-order valence-corrected chi connectivity index (χ2v) is 7.75. The number of fused-ring (bicyclic) bond motifs is 1. The van der Waals surface area contributed by atoms with Crippen molar-refractivity contribution in [1.82, 2.24) is 15.1 Å². The largest absolute Gasteiger partial charge is 0.461 e. The minimum absolute atomic E-state index is 0.0369. The smallest absolute Gasteiger partial charge is 0.358 e. The molecule has 0 bridgehead atoms. The summed E-state index contributed by atoms with van der Waals surface area (Å²) in [6.45, 7) is 8.19. The molecule has 1 atom stereocenters. The average Bonchev–Trinajstić information content (AvgIpc) is 3.14. The molecule has 3 rings (SSSR count). The highest BCUT2D eigenvalue weighted by molar-refractivity contribution is 6.12. The van der Waals surface area contributed by atoms with E-state index in [1.165, 1.54) is 15.6 Å². The van der Waals surface area contributed by atoms with Crippen molar-refractivity contribution in [2.45, 2.75) is 39.8 Å². The van der Waals surface area contributed by atoms with Gasteiger partial charge >= 0.3 is 5.97 Å². The van der Waals surface area contributed by atoms with Crippen LogP contribution in [0.25, 0.3) is 0 Å². The first-order valence-electron chi connectivity index (χ1n) is 10.2. The van der Waals surface area contributed by atoms with Gasteiger partial charge in [0, 0.05) is 25.4 Å². The van der Waals surface area contributed by atoms with Crippen molar-refractivity contribution in [3.63, 3.8) is 0 Å². The number of anilines is 1. The number of aromatic nitrogens is 2. The van der Waals surface area contributed by atoms with Crippen LogP contribution in [-0.4, -0.2) is 60.0 Å². The molecular weight excluding hydrogens is 400 g/mol. The van der Waals surface area contributed by atoms with Crippen LogP contribution in [0.2, 0.25) is 0 Å². The summed E-state index contributed by atoms with van der Waals surface area (Å²) in [5, 5.41) is 7.08. The number of carbonyl (C=O) groups excluding carboxylic acids is 3. The minimum atomic E-state index is -1.27. The molecule has 9 nitrogen and oxygen atoms in total. The zero-order valence-corrected chi connectivity index (χ0v) is 18.5. The molecule has 1 aliphatic heterocycles. The Labute approximate surface area is 181 Å². The number of nitrogens with zero attached hydrogens (tertiary/aromatic N) is 3. The van der Waals surface area contributed by atoms with Crippen LogP contribution in [0.4, 0.5) is 5.69 Å². The van der Waals surface area contributed by atoms with Gasteiger partial charge in [-0.3, -0.25) is 19.2 Å². The van der Waals surface area contributed by atoms with Crippen LogP contribution in [0, 0.1) is 13.8 Å². The van der Waals surface area contributed by atoms with Crippen molar-refractivity contribution >= 4 is 23.5 Å². The van der Waals surface area contributed by atoms with E-state index < -0.39 is 17.4 Å². The maximum atomic E-state index is 13.6. The number of amides is 2. The van der Waals surface area contributed by atoms with E-state index in [9.17, 15) is 14.4 Å². The van der Waals surface area contributed by atoms with E-state index in [1.54, 1.807) is 21.0 Å². The van der Waals surface area contributed by atoms with Gasteiger partial charge in [-0.1, -0.05) is 17.7 Å². The maximum absolute atomic E-state index is 13.6. The third-order valence-corrected chi connectivity index (χ3v) is 5.31. The fourth-order valence-electron chi connectivity index (χ4n) is 3.78. The van der Waals surface area contributed by atoms with Gasteiger partial charge < -0.3 is 14.8 Å². The molecule has 0 aliphatic carbocycles. The average molecular weight is 428 g/mol. The van der Waals surface area contributed by atoms with E-state index in [0.29, 0.717) is 18.8 Å². The van der Waals surface area contributed by atoms with Gasteiger partial charge in [-0.15, -0.1) is 0 Å². The summed E-state index contributed by atoms with van der Waals surface area (Å²) < 4.78 is 11.4. The van der Waals surface area contributed by atoms with Gasteiger partial charge in [0.15, 0.2) is 5.69 Å². The molecule has 2 heterocycles. The first kappa shape index (κ1) is 22.5. The minimum Gasteiger partial charge on any atom is -0.461 e. The van der Waals surface area contributed by atoms with Gasteiger partial charge in [0.05, 0.1) is 19.8 Å². The highest BCUT2D eigenvalue weighted by Gasteiger charge is 2.49. The lowest BCUT2D eigenvalue weighted by Gasteiger charge is -2.43. The number of methoxy groups -OCH3 is 1. The Morgan fingerprint density at radius 3 is 2.65 bits per heavy atom. The van der Waals surface area contributed by atoms with Crippen LogP contribution < -0.4 is 10.2 Å². The summed E-state index contributed by atoms with van der Waals surface area (Å²) in [7, 11) is 1.55. The summed E-state index contributed by atoms with van der Waals surface area (Å²) in [4.78, 5) is 40.5. The number of esters is 1. The number of benzene rings is 1. The first-order chi connectivity index (χ1) is 14.7. The van der Waals surface area contributed by atoms with Crippen LogP contribution in [0.5, 0.6) is 0 Å². The lowest BCUT2D eigenvalue weighted by atomic mass is 9.93. The summed E-state index contributed by atoms with van der Waals surface area (Å²) in [6.07, 6.45) is 0. The fourth-order valence-corrected chi connectivity index (χ4v) is 3.78. The van der Waals surface area contributed by atoms with Gasteiger partial charge in [0.25, 0.3) is 5.91 Å². The lowest BCUT2D eigenvalue weighted by Crippen LogP contribution is -2.65. The molecule has 1 aromatic heterocycles. The topological polar surface area (TPSA) is 103 Å². The van der Waals surface area contributed by atoms with Crippen molar-refractivity contribution in [3.05, 3.63) is 46.8 Å². The molecule has 1 N–H and O–H groups in total. The number of hydrogen-bond donors (Lipinski definition) is 1. The van der Waals surface area contributed by atoms with Crippen molar-refractivity contribution in [3.8, 4) is 0 Å². The quantitative estimate of drug-likeness (QED) is 0.533. The van der Waals surface area contributed by atoms with Gasteiger partial charge in [-0.2, -0.15) is 5.10 Å². The van der Waals surface area contributed by atoms with E-state index in [0.717, 1.165) is 11.1 Å². The van der Waals surface area contributed by atoms with Gasteiger partial charge in [-0.05, 0) is 39.3 Å². The van der Waals surface area contributed by atoms with Crippen molar-refractivity contribution in [1.29, 1.82) is 0 Å². The predicted molar refractivity (Wildman–Crippen MR) is 114 cm³/mol. The van der Waals surface area contributed by atoms with Crippen LogP contribution in [-0.2, 0) is 20.8 Å². The van der Waals surface area contributed by atoms with Crippen LogP contribution >= 0.6 is 0 Å². The molecule has 2 amide bonds. The number of carbonyl (C=O) groups is 3. The fraction of sp³-hybridized carbons (Fsp3) is 0.455. The Bertz CT molecular complexity index is 1020. The molecule has 1 aliphatic rings. The molecule has 0 saturated carbocycles. The van der Waals surface area contributed by atoms with Gasteiger partial charge in [0.2, 0.25) is 5.91 Å². The molecule has 0 radical (unpaired) electrons. The number of aryl methyl sites for hydroxylation is 2. The molecule has 0 fully saturated rings.